The first kappa shape index (κ1) is 9.11. The Balaban J connectivity index is 0.000000640. The van der Waals surface area contributed by atoms with Gasteiger partial charge in [0.05, 0.1) is 0 Å². The summed E-state index contributed by atoms with van der Waals surface area (Å²) in [7, 11) is -0.461. The molecule has 0 spiro atoms. The smallest absolute Gasteiger partial charge is 0.0237 e. The summed E-state index contributed by atoms with van der Waals surface area (Å²) in [5, 5.41) is 0. The van der Waals surface area contributed by atoms with Gasteiger partial charge in [-0.15, -0.1) is 0 Å². The monoisotopic (exact) mass is 150 g/mol. The summed E-state index contributed by atoms with van der Waals surface area (Å²) in [6.07, 6.45) is 2.35. The molecule has 2 N–H and O–H groups in total. The van der Waals surface area contributed by atoms with E-state index in [4.69, 9.17) is 0 Å². The van der Waals surface area contributed by atoms with E-state index in [-0.39, 0.29) is 5.48 Å². The standard InChI is InChI=1S/C6H12OS.H2O/c1-6-2-4-8(7)5-3-6;/h6H,2-5H2,1H3;1H2. The Morgan fingerprint density at radius 1 is 1.33 bits per heavy atom. The lowest BCUT2D eigenvalue weighted by molar-refractivity contribution is 0.526. The lowest BCUT2D eigenvalue weighted by Crippen LogP contribution is -2.15. The van der Waals surface area contributed by atoms with Crippen molar-refractivity contribution in [3.05, 3.63) is 0 Å². The van der Waals surface area contributed by atoms with Crippen molar-refractivity contribution in [1.29, 1.82) is 0 Å². The average molecular weight is 150 g/mol. The predicted molar refractivity (Wildman–Crippen MR) is 39.9 cm³/mol. The minimum atomic E-state index is -0.461. The molecule has 0 aromatic rings. The van der Waals surface area contributed by atoms with Crippen LogP contribution in [0.15, 0.2) is 0 Å². The van der Waals surface area contributed by atoms with Gasteiger partial charge in [-0.1, -0.05) is 6.92 Å². The van der Waals surface area contributed by atoms with E-state index in [1.54, 1.807) is 0 Å². The quantitative estimate of drug-likeness (QED) is 0.491. The van der Waals surface area contributed by atoms with Crippen LogP contribution in [0.25, 0.3) is 0 Å². The van der Waals surface area contributed by atoms with Crippen molar-refractivity contribution in [3.63, 3.8) is 0 Å². The molecule has 1 aliphatic heterocycles. The highest BCUT2D eigenvalue weighted by Crippen LogP contribution is 2.14. The SMILES string of the molecule is CC1CCS(=O)CC1.O. The van der Waals surface area contributed by atoms with Crippen molar-refractivity contribution < 1.29 is 9.69 Å². The summed E-state index contributed by atoms with van der Waals surface area (Å²) in [6, 6.07) is 0. The molecule has 0 amide bonds. The molecule has 2 nitrogen and oxygen atoms in total. The second kappa shape index (κ2) is 4.01. The molecule has 0 aliphatic carbocycles. The molecule has 1 aliphatic rings. The van der Waals surface area contributed by atoms with E-state index in [0.29, 0.717) is 0 Å². The van der Waals surface area contributed by atoms with Crippen molar-refractivity contribution in [3.8, 4) is 0 Å². The average Bonchev–Trinajstić information content (AvgIpc) is 1.77. The molecule has 3 heteroatoms. The summed E-state index contributed by atoms with van der Waals surface area (Å²) in [5.41, 5.74) is 0. The third-order valence-corrected chi connectivity index (χ3v) is 3.06. The largest absolute Gasteiger partial charge is 0.412 e. The Morgan fingerprint density at radius 2 is 1.78 bits per heavy atom. The van der Waals surface area contributed by atoms with Gasteiger partial charge < -0.3 is 5.48 Å². The zero-order chi connectivity index (χ0) is 5.98. The van der Waals surface area contributed by atoms with Crippen LogP contribution in [0, 0.1) is 5.92 Å². The highest BCUT2D eigenvalue weighted by molar-refractivity contribution is 7.85. The normalized spacial score (nSPS) is 35.2. The van der Waals surface area contributed by atoms with Crippen LogP contribution in [0.1, 0.15) is 19.8 Å². The Morgan fingerprint density at radius 3 is 2.11 bits per heavy atom. The number of hydrogen-bond donors (Lipinski definition) is 0. The van der Waals surface area contributed by atoms with Gasteiger partial charge in [0.15, 0.2) is 0 Å². The molecule has 1 rings (SSSR count). The van der Waals surface area contributed by atoms with Crippen molar-refractivity contribution in [2.45, 2.75) is 19.8 Å². The lowest BCUT2D eigenvalue weighted by Gasteiger charge is -2.15. The van der Waals surface area contributed by atoms with Gasteiger partial charge >= 0.3 is 0 Å². The molecule has 9 heavy (non-hydrogen) atoms. The maximum Gasteiger partial charge on any atom is 0.0237 e. The van der Waals surface area contributed by atoms with Crippen LogP contribution in [-0.2, 0) is 10.8 Å². The van der Waals surface area contributed by atoms with E-state index in [0.717, 1.165) is 17.4 Å². The van der Waals surface area contributed by atoms with Crippen LogP contribution in [0.4, 0.5) is 0 Å². The summed E-state index contributed by atoms with van der Waals surface area (Å²) < 4.78 is 10.7. The molecular formula is C6H14O2S. The van der Waals surface area contributed by atoms with Gasteiger partial charge in [0, 0.05) is 22.3 Å². The van der Waals surface area contributed by atoms with Gasteiger partial charge in [0.25, 0.3) is 0 Å². The van der Waals surface area contributed by atoms with Crippen LogP contribution in [0.2, 0.25) is 0 Å². The van der Waals surface area contributed by atoms with Gasteiger partial charge in [0.2, 0.25) is 0 Å². The van der Waals surface area contributed by atoms with Crippen molar-refractivity contribution in [2.24, 2.45) is 5.92 Å². The molecule has 0 bridgehead atoms. The van der Waals surface area contributed by atoms with Crippen LogP contribution in [-0.4, -0.2) is 21.2 Å². The van der Waals surface area contributed by atoms with Gasteiger partial charge in [0.1, 0.15) is 0 Å². The Hall–Kier alpha value is 0.110. The van der Waals surface area contributed by atoms with E-state index >= 15 is 0 Å². The molecule has 0 saturated carbocycles. The van der Waals surface area contributed by atoms with Crippen LogP contribution in [0.5, 0.6) is 0 Å². The van der Waals surface area contributed by atoms with Crippen molar-refractivity contribution >= 4 is 10.8 Å². The van der Waals surface area contributed by atoms with E-state index < -0.39 is 10.8 Å². The second-order valence-electron chi connectivity index (χ2n) is 2.53. The fraction of sp³-hybridized carbons (Fsp3) is 1.00. The minimum absolute atomic E-state index is 0. The predicted octanol–water partition coefficient (Wildman–Crippen LogP) is 0.340. The van der Waals surface area contributed by atoms with Gasteiger partial charge in [-0.05, 0) is 18.8 Å². The van der Waals surface area contributed by atoms with E-state index in [2.05, 4.69) is 6.92 Å². The third kappa shape index (κ3) is 2.96. The lowest BCUT2D eigenvalue weighted by atomic mass is 10.1. The highest BCUT2D eigenvalue weighted by atomic mass is 32.2. The topological polar surface area (TPSA) is 48.6 Å². The highest BCUT2D eigenvalue weighted by Gasteiger charge is 2.12. The van der Waals surface area contributed by atoms with Crippen LogP contribution < -0.4 is 0 Å². The maximum atomic E-state index is 10.7. The third-order valence-electron chi connectivity index (χ3n) is 1.68. The molecule has 1 fully saturated rings. The Kier molecular flexibility index (Phi) is 4.06. The van der Waals surface area contributed by atoms with E-state index in [1.165, 1.54) is 12.8 Å². The fourth-order valence-corrected chi connectivity index (χ4v) is 2.45. The van der Waals surface area contributed by atoms with Gasteiger partial charge in [-0.25, -0.2) is 0 Å². The molecule has 1 heterocycles. The first-order valence-corrected chi connectivity index (χ1v) is 4.63. The molecule has 56 valence electrons. The van der Waals surface area contributed by atoms with Crippen molar-refractivity contribution in [2.75, 3.05) is 11.5 Å². The zero-order valence-electron chi connectivity index (χ0n) is 5.72. The summed E-state index contributed by atoms with van der Waals surface area (Å²) in [4.78, 5) is 0. The molecule has 1 saturated heterocycles. The zero-order valence-corrected chi connectivity index (χ0v) is 6.54. The molecule has 0 atom stereocenters. The molecular weight excluding hydrogens is 136 g/mol. The van der Waals surface area contributed by atoms with E-state index in [9.17, 15) is 4.21 Å². The van der Waals surface area contributed by atoms with Crippen LogP contribution >= 0.6 is 0 Å². The first-order valence-electron chi connectivity index (χ1n) is 3.14. The summed E-state index contributed by atoms with van der Waals surface area (Å²) in [5.74, 6) is 2.72. The fourth-order valence-electron chi connectivity index (χ4n) is 0.912. The number of rotatable bonds is 0. The number of hydrogen-bond acceptors (Lipinski definition) is 1. The summed E-state index contributed by atoms with van der Waals surface area (Å²) in [6.45, 7) is 2.23. The van der Waals surface area contributed by atoms with E-state index in [1.807, 2.05) is 0 Å². The van der Waals surface area contributed by atoms with Crippen LogP contribution in [0.3, 0.4) is 0 Å². The molecule has 0 aromatic heterocycles. The van der Waals surface area contributed by atoms with Gasteiger partial charge in [-0.2, -0.15) is 0 Å². The molecule has 0 radical (unpaired) electrons. The Labute approximate surface area is 58.4 Å². The first-order chi connectivity index (χ1) is 3.79. The molecule has 0 aromatic carbocycles. The van der Waals surface area contributed by atoms with Crippen molar-refractivity contribution in [1.82, 2.24) is 0 Å². The molecule has 0 unspecified atom stereocenters. The second-order valence-corrected chi connectivity index (χ2v) is 4.23. The maximum absolute atomic E-state index is 10.7. The van der Waals surface area contributed by atoms with Gasteiger partial charge in [-0.3, -0.25) is 4.21 Å². The minimum Gasteiger partial charge on any atom is -0.412 e. The summed E-state index contributed by atoms with van der Waals surface area (Å²) >= 11 is 0. The Bertz CT molecular complexity index is 93.2.